The summed E-state index contributed by atoms with van der Waals surface area (Å²) in [6.45, 7) is 0. The number of rotatable bonds is 4. The van der Waals surface area contributed by atoms with Gasteiger partial charge in [-0.2, -0.15) is 0 Å². The van der Waals surface area contributed by atoms with Crippen molar-refractivity contribution in [2.24, 2.45) is 7.05 Å². The molecule has 0 atom stereocenters. The molecule has 0 saturated heterocycles. The fourth-order valence-corrected chi connectivity index (χ4v) is 4.99. The van der Waals surface area contributed by atoms with Crippen molar-refractivity contribution in [3.8, 4) is 0 Å². The molecule has 0 saturated carbocycles. The van der Waals surface area contributed by atoms with Crippen LogP contribution in [0.5, 0.6) is 0 Å². The largest absolute Gasteiger partial charge is 0.345 e. The molecule has 2 amide bonds. The minimum atomic E-state index is -3.65. The number of nitrogens with zero attached hydrogens (tertiary/aromatic N) is 1. The maximum Gasteiger partial charge on any atom is 0.286 e. The first-order valence-corrected chi connectivity index (χ1v) is 10.9. The van der Waals surface area contributed by atoms with E-state index in [1.807, 2.05) is 6.07 Å². The number of thiophene rings is 1. The molecule has 2 aromatic rings. The highest BCUT2D eigenvalue weighted by molar-refractivity contribution is 7.89. The van der Waals surface area contributed by atoms with Gasteiger partial charge in [0.05, 0.1) is 4.88 Å². The maximum atomic E-state index is 12.4. The zero-order chi connectivity index (χ0) is 19.6. The molecule has 0 aliphatic heterocycles. The van der Waals surface area contributed by atoms with Gasteiger partial charge in [-0.3, -0.25) is 20.4 Å². The molecule has 1 aliphatic carbocycles. The van der Waals surface area contributed by atoms with E-state index in [0.717, 1.165) is 25.7 Å². The number of nitrogens with one attached hydrogen (secondary N) is 3. The van der Waals surface area contributed by atoms with E-state index in [1.54, 1.807) is 7.05 Å². The van der Waals surface area contributed by atoms with E-state index in [4.69, 9.17) is 0 Å². The summed E-state index contributed by atoms with van der Waals surface area (Å²) in [7, 11) is -0.795. The second kappa shape index (κ2) is 7.83. The van der Waals surface area contributed by atoms with Crippen LogP contribution < -0.4 is 15.6 Å². The second-order valence-corrected chi connectivity index (χ2v) is 9.43. The summed E-state index contributed by atoms with van der Waals surface area (Å²) in [6, 6.07) is 3.15. The Kier molecular flexibility index (Phi) is 5.68. The van der Waals surface area contributed by atoms with Crippen molar-refractivity contribution in [2.75, 3.05) is 7.05 Å². The molecular formula is C17H22N4O4S2. The third kappa shape index (κ3) is 4.23. The van der Waals surface area contributed by atoms with E-state index in [-0.39, 0.29) is 16.5 Å². The number of carbonyl (C=O) groups excluding carboxylic acids is 2. The zero-order valence-electron chi connectivity index (χ0n) is 15.2. The Morgan fingerprint density at radius 2 is 1.78 bits per heavy atom. The van der Waals surface area contributed by atoms with Crippen LogP contribution in [0.1, 0.15) is 49.9 Å². The summed E-state index contributed by atoms with van der Waals surface area (Å²) in [4.78, 5) is 26.4. The lowest BCUT2D eigenvalue weighted by Crippen LogP contribution is -2.42. The highest BCUT2D eigenvalue weighted by Gasteiger charge is 2.20. The molecule has 0 spiro atoms. The molecule has 0 unspecified atom stereocenters. The molecule has 146 valence electrons. The van der Waals surface area contributed by atoms with E-state index in [9.17, 15) is 18.0 Å². The molecule has 1 aliphatic rings. The summed E-state index contributed by atoms with van der Waals surface area (Å²) in [5.41, 5.74) is 6.09. The smallest absolute Gasteiger partial charge is 0.286 e. The first kappa shape index (κ1) is 19.6. The first-order valence-electron chi connectivity index (χ1n) is 8.64. The Labute approximate surface area is 162 Å². The van der Waals surface area contributed by atoms with Gasteiger partial charge in [-0.25, -0.2) is 13.1 Å². The van der Waals surface area contributed by atoms with Crippen LogP contribution in [-0.2, 0) is 29.9 Å². The number of carbonyl (C=O) groups is 2. The summed E-state index contributed by atoms with van der Waals surface area (Å²) >= 11 is 1.46. The lowest BCUT2D eigenvalue weighted by Gasteiger charge is -2.06. The Morgan fingerprint density at radius 1 is 1.07 bits per heavy atom. The molecule has 2 heterocycles. The third-order valence-corrected chi connectivity index (χ3v) is 7.17. The SMILES string of the molecule is CNS(=O)(=O)c1cc(C(=O)NNC(=O)c2cc3c(s2)CCCCC3)n(C)c1. The van der Waals surface area contributed by atoms with Crippen molar-refractivity contribution in [2.45, 2.75) is 37.0 Å². The fraction of sp³-hybridized carbons (Fsp3) is 0.412. The van der Waals surface area contributed by atoms with Crippen LogP contribution in [-0.4, -0.2) is 31.8 Å². The lowest BCUT2D eigenvalue weighted by atomic mass is 10.1. The number of hydrazine groups is 1. The van der Waals surface area contributed by atoms with Crippen LogP contribution >= 0.6 is 11.3 Å². The van der Waals surface area contributed by atoms with E-state index < -0.39 is 15.9 Å². The normalized spacial score (nSPS) is 14.3. The minimum absolute atomic E-state index is 0.0222. The summed E-state index contributed by atoms with van der Waals surface area (Å²) in [5, 5.41) is 0. The molecule has 0 fully saturated rings. The Morgan fingerprint density at radius 3 is 2.52 bits per heavy atom. The van der Waals surface area contributed by atoms with Crippen LogP contribution in [0.15, 0.2) is 23.2 Å². The van der Waals surface area contributed by atoms with Crippen molar-refractivity contribution < 1.29 is 18.0 Å². The third-order valence-electron chi connectivity index (χ3n) is 4.55. The average Bonchev–Trinajstić information content (AvgIpc) is 3.17. The molecule has 10 heteroatoms. The van der Waals surface area contributed by atoms with Gasteiger partial charge < -0.3 is 4.57 Å². The van der Waals surface area contributed by atoms with Crippen LogP contribution in [0.4, 0.5) is 0 Å². The predicted octanol–water partition coefficient (Wildman–Crippen LogP) is 1.34. The van der Waals surface area contributed by atoms with Gasteiger partial charge in [-0.15, -0.1) is 11.3 Å². The molecule has 0 radical (unpaired) electrons. The molecule has 3 N–H and O–H groups in total. The number of aryl methyl sites for hydroxylation is 3. The molecule has 0 aromatic carbocycles. The second-order valence-electron chi connectivity index (χ2n) is 6.41. The van der Waals surface area contributed by atoms with Gasteiger partial charge in [0, 0.05) is 18.1 Å². The van der Waals surface area contributed by atoms with E-state index in [0.29, 0.717) is 4.88 Å². The molecular weight excluding hydrogens is 388 g/mol. The summed E-state index contributed by atoms with van der Waals surface area (Å²) in [6.07, 6.45) is 6.78. The molecule has 2 aromatic heterocycles. The number of fused-ring (bicyclic) bond motifs is 1. The average molecular weight is 411 g/mol. The van der Waals surface area contributed by atoms with Crippen LogP contribution in [0.3, 0.4) is 0 Å². The standard InChI is InChI=1S/C17H22N4O4S2/c1-18-27(24,25)12-9-13(21(2)10-12)16(22)19-20-17(23)15-8-11-6-4-3-5-7-14(11)26-15/h8-10,18H,3-7H2,1-2H3,(H,19,22)(H,20,23). The monoisotopic (exact) mass is 410 g/mol. The van der Waals surface area contributed by atoms with Crippen molar-refractivity contribution in [3.63, 3.8) is 0 Å². The van der Waals surface area contributed by atoms with Gasteiger partial charge in [0.2, 0.25) is 10.0 Å². The molecule has 3 rings (SSSR count). The Balaban J connectivity index is 1.66. The topological polar surface area (TPSA) is 109 Å². The summed E-state index contributed by atoms with van der Waals surface area (Å²) < 4.78 is 27.3. The van der Waals surface area contributed by atoms with E-state index >= 15 is 0 Å². The number of aromatic nitrogens is 1. The quantitative estimate of drug-likeness (QED) is 0.522. The van der Waals surface area contributed by atoms with Crippen molar-refractivity contribution in [1.82, 2.24) is 20.1 Å². The Hall–Kier alpha value is -2.17. The van der Waals surface area contributed by atoms with Gasteiger partial charge in [-0.05, 0) is 50.4 Å². The lowest BCUT2D eigenvalue weighted by molar-refractivity contribution is 0.0844. The minimum Gasteiger partial charge on any atom is -0.345 e. The van der Waals surface area contributed by atoms with Crippen LogP contribution in [0, 0.1) is 0 Å². The first-order chi connectivity index (χ1) is 12.8. The van der Waals surface area contributed by atoms with Crippen molar-refractivity contribution >= 4 is 33.2 Å². The van der Waals surface area contributed by atoms with Crippen LogP contribution in [0.2, 0.25) is 0 Å². The number of sulfonamides is 1. The predicted molar refractivity (Wildman–Crippen MR) is 102 cm³/mol. The van der Waals surface area contributed by atoms with Crippen molar-refractivity contribution in [1.29, 1.82) is 0 Å². The Bertz CT molecular complexity index is 952. The highest BCUT2D eigenvalue weighted by atomic mass is 32.2. The van der Waals surface area contributed by atoms with E-state index in [1.165, 1.54) is 52.1 Å². The van der Waals surface area contributed by atoms with Gasteiger partial charge in [0.1, 0.15) is 10.6 Å². The number of hydrogen-bond donors (Lipinski definition) is 3. The van der Waals surface area contributed by atoms with Gasteiger partial charge in [0.15, 0.2) is 0 Å². The van der Waals surface area contributed by atoms with Gasteiger partial charge in [0.25, 0.3) is 11.8 Å². The van der Waals surface area contributed by atoms with Crippen molar-refractivity contribution in [3.05, 3.63) is 39.3 Å². The summed E-state index contributed by atoms with van der Waals surface area (Å²) in [5.74, 6) is -0.972. The fourth-order valence-electron chi connectivity index (χ4n) is 3.04. The van der Waals surface area contributed by atoms with Gasteiger partial charge in [-0.1, -0.05) is 6.42 Å². The van der Waals surface area contributed by atoms with Gasteiger partial charge >= 0.3 is 0 Å². The highest BCUT2D eigenvalue weighted by Crippen LogP contribution is 2.28. The maximum absolute atomic E-state index is 12.4. The molecule has 0 bridgehead atoms. The molecule has 8 nitrogen and oxygen atoms in total. The van der Waals surface area contributed by atoms with Crippen LogP contribution in [0.25, 0.3) is 0 Å². The number of amides is 2. The number of hydrogen-bond acceptors (Lipinski definition) is 5. The van der Waals surface area contributed by atoms with E-state index in [2.05, 4.69) is 15.6 Å². The molecule has 27 heavy (non-hydrogen) atoms. The zero-order valence-corrected chi connectivity index (χ0v) is 16.8.